The molecule has 0 atom stereocenters. The summed E-state index contributed by atoms with van der Waals surface area (Å²) in [4.78, 5) is 2.89. The second kappa shape index (κ2) is 7.93. The van der Waals surface area contributed by atoms with Gasteiger partial charge in [0, 0.05) is 29.5 Å². The van der Waals surface area contributed by atoms with E-state index in [9.17, 15) is 0 Å². The van der Waals surface area contributed by atoms with Gasteiger partial charge in [-0.3, -0.25) is 0 Å². The van der Waals surface area contributed by atoms with Crippen LogP contribution >= 0.6 is 11.3 Å². The lowest BCUT2D eigenvalue weighted by molar-refractivity contribution is 0.132. The van der Waals surface area contributed by atoms with Crippen LogP contribution in [0.15, 0.2) is 12.1 Å². The van der Waals surface area contributed by atoms with Crippen LogP contribution in [0.4, 0.5) is 0 Å². The van der Waals surface area contributed by atoms with E-state index in [0.29, 0.717) is 0 Å². The normalized spacial score (nSPS) is 12.0. The quantitative estimate of drug-likeness (QED) is 0.721. The number of nitrogens with one attached hydrogen (secondary N) is 1. The number of hydrogen-bond donors (Lipinski definition) is 1. The fourth-order valence-corrected chi connectivity index (χ4v) is 2.67. The van der Waals surface area contributed by atoms with E-state index in [1.807, 2.05) is 11.3 Å². The standard InChI is InChI=1S/C15H27NOS/c1-5-10-17-11-6-9-16-12-13-7-8-14(18-13)15(2,3)4/h7-8,16H,5-6,9-12H2,1-4H3. The zero-order valence-electron chi connectivity index (χ0n) is 12.2. The molecule has 1 rings (SSSR count). The third kappa shape index (κ3) is 5.98. The summed E-state index contributed by atoms with van der Waals surface area (Å²) in [5.74, 6) is 0. The Kier molecular flexibility index (Phi) is 6.90. The van der Waals surface area contributed by atoms with Crippen molar-refractivity contribution < 1.29 is 4.74 Å². The second-order valence-electron chi connectivity index (χ2n) is 5.66. The van der Waals surface area contributed by atoms with E-state index in [0.717, 1.165) is 39.1 Å². The molecule has 0 unspecified atom stereocenters. The molecule has 2 nitrogen and oxygen atoms in total. The Morgan fingerprint density at radius 1 is 1.22 bits per heavy atom. The van der Waals surface area contributed by atoms with Crippen LogP contribution < -0.4 is 5.32 Å². The molecular weight excluding hydrogens is 242 g/mol. The molecule has 0 bridgehead atoms. The molecule has 104 valence electrons. The molecule has 1 N–H and O–H groups in total. The van der Waals surface area contributed by atoms with Gasteiger partial charge in [0.25, 0.3) is 0 Å². The molecular formula is C15H27NOS. The zero-order valence-corrected chi connectivity index (χ0v) is 13.0. The third-order valence-electron chi connectivity index (χ3n) is 2.69. The predicted octanol–water partition coefficient (Wildman–Crippen LogP) is 3.95. The molecule has 0 spiro atoms. The molecule has 3 heteroatoms. The fraction of sp³-hybridized carbons (Fsp3) is 0.733. The average Bonchev–Trinajstić information content (AvgIpc) is 2.76. The molecule has 0 saturated carbocycles. The van der Waals surface area contributed by atoms with Gasteiger partial charge in [0.1, 0.15) is 0 Å². The molecule has 0 aliphatic carbocycles. The number of rotatable bonds is 8. The van der Waals surface area contributed by atoms with E-state index in [-0.39, 0.29) is 5.41 Å². The smallest absolute Gasteiger partial charge is 0.0478 e. The lowest BCUT2D eigenvalue weighted by Gasteiger charge is -2.15. The van der Waals surface area contributed by atoms with Crippen molar-refractivity contribution in [2.45, 2.75) is 52.5 Å². The number of hydrogen-bond acceptors (Lipinski definition) is 3. The van der Waals surface area contributed by atoms with Gasteiger partial charge in [-0.2, -0.15) is 0 Å². The number of ether oxygens (including phenoxy) is 1. The molecule has 0 radical (unpaired) electrons. The summed E-state index contributed by atoms with van der Waals surface area (Å²) in [6.07, 6.45) is 2.20. The highest BCUT2D eigenvalue weighted by Gasteiger charge is 2.15. The lowest BCUT2D eigenvalue weighted by Crippen LogP contribution is -2.15. The largest absolute Gasteiger partial charge is 0.381 e. The fourth-order valence-electron chi connectivity index (χ4n) is 1.63. The highest BCUT2D eigenvalue weighted by Crippen LogP contribution is 2.29. The summed E-state index contributed by atoms with van der Waals surface area (Å²) < 4.78 is 5.45. The molecule has 0 aliphatic heterocycles. The van der Waals surface area contributed by atoms with Crippen LogP contribution in [0.3, 0.4) is 0 Å². The van der Waals surface area contributed by atoms with Gasteiger partial charge in [-0.15, -0.1) is 11.3 Å². The van der Waals surface area contributed by atoms with Crippen molar-refractivity contribution in [2.75, 3.05) is 19.8 Å². The molecule has 0 aliphatic rings. The van der Waals surface area contributed by atoms with Crippen LogP contribution in [0.2, 0.25) is 0 Å². The number of thiophene rings is 1. The first-order valence-corrected chi connectivity index (χ1v) is 7.73. The van der Waals surface area contributed by atoms with E-state index < -0.39 is 0 Å². The van der Waals surface area contributed by atoms with Gasteiger partial charge >= 0.3 is 0 Å². The van der Waals surface area contributed by atoms with E-state index >= 15 is 0 Å². The second-order valence-corrected chi connectivity index (χ2v) is 6.83. The highest BCUT2D eigenvalue weighted by atomic mass is 32.1. The monoisotopic (exact) mass is 269 g/mol. The van der Waals surface area contributed by atoms with Crippen LogP contribution in [0.1, 0.15) is 50.3 Å². The maximum absolute atomic E-state index is 5.45. The molecule has 0 saturated heterocycles. The van der Waals surface area contributed by atoms with Crippen LogP contribution in [-0.2, 0) is 16.7 Å². The first kappa shape index (κ1) is 15.7. The minimum Gasteiger partial charge on any atom is -0.381 e. The molecule has 1 aromatic heterocycles. The molecule has 0 amide bonds. The van der Waals surface area contributed by atoms with Gasteiger partial charge in [0.15, 0.2) is 0 Å². The minimum absolute atomic E-state index is 0.275. The SMILES string of the molecule is CCCOCCCNCc1ccc(C(C)(C)C)s1. The first-order valence-electron chi connectivity index (χ1n) is 6.91. The van der Waals surface area contributed by atoms with Crippen LogP contribution in [-0.4, -0.2) is 19.8 Å². The summed E-state index contributed by atoms with van der Waals surface area (Å²) >= 11 is 1.92. The van der Waals surface area contributed by atoms with Gasteiger partial charge in [-0.1, -0.05) is 27.7 Å². The van der Waals surface area contributed by atoms with Crippen molar-refractivity contribution in [1.82, 2.24) is 5.32 Å². The van der Waals surface area contributed by atoms with Crippen LogP contribution in [0.25, 0.3) is 0 Å². The van der Waals surface area contributed by atoms with Crippen molar-refractivity contribution >= 4 is 11.3 Å². The summed E-state index contributed by atoms with van der Waals surface area (Å²) in [5.41, 5.74) is 0.275. The van der Waals surface area contributed by atoms with Crippen molar-refractivity contribution in [3.63, 3.8) is 0 Å². The van der Waals surface area contributed by atoms with Gasteiger partial charge in [-0.05, 0) is 36.9 Å². The van der Waals surface area contributed by atoms with E-state index in [2.05, 4.69) is 45.1 Å². The molecule has 1 aromatic rings. The Morgan fingerprint density at radius 2 is 2.00 bits per heavy atom. The van der Waals surface area contributed by atoms with Crippen LogP contribution in [0, 0.1) is 0 Å². The maximum Gasteiger partial charge on any atom is 0.0478 e. The molecule has 18 heavy (non-hydrogen) atoms. The maximum atomic E-state index is 5.45. The average molecular weight is 269 g/mol. The molecule has 0 aromatic carbocycles. The Balaban J connectivity index is 2.14. The van der Waals surface area contributed by atoms with E-state index in [1.165, 1.54) is 9.75 Å². The third-order valence-corrected chi connectivity index (χ3v) is 4.20. The summed E-state index contributed by atoms with van der Waals surface area (Å²) in [5, 5.41) is 3.47. The van der Waals surface area contributed by atoms with Gasteiger partial charge in [0.2, 0.25) is 0 Å². The zero-order chi connectivity index (χ0) is 13.4. The topological polar surface area (TPSA) is 21.3 Å². The summed E-state index contributed by atoms with van der Waals surface area (Å²) in [6, 6.07) is 4.50. The Morgan fingerprint density at radius 3 is 2.61 bits per heavy atom. The Hall–Kier alpha value is -0.380. The van der Waals surface area contributed by atoms with Crippen molar-refractivity contribution in [3.05, 3.63) is 21.9 Å². The summed E-state index contributed by atoms with van der Waals surface area (Å²) in [7, 11) is 0. The van der Waals surface area contributed by atoms with E-state index in [4.69, 9.17) is 4.74 Å². The molecule has 0 fully saturated rings. The van der Waals surface area contributed by atoms with E-state index in [1.54, 1.807) is 0 Å². The van der Waals surface area contributed by atoms with Crippen molar-refractivity contribution in [3.8, 4) is 0 Å². The highest BCUT2D eigenvalue weighted by molar-refractivity contribution is 7.12. The minimum atomic E-state index is 0.275. The van der Waals surface area contributed by atoms with Crippen molar-refractivity contribution in [1.29, 1.82) is 0 Å². The van der Waals surface area contributed by atoms with Crippen molar-refractivity contribution in [2.24, 2.45) is 0 Å². The first-order chi connectivity index (χ1) is 8.54. The predicted molar refractivity (Wildman–Crippen MR) is 80.5 cm³/mol. The Labute approximate surface area is 116 Å². The van der Waals surface area contributed by atoms with Gasteiger partial charge < -0.3 is 10.1 Å². The summed E-state index contributed by atoms with van der Waals surface area (Å²) in [6.45, 7) is 12.7. The Bertz CT molecular complexity index is 327. The van der Waals surface area contributed by atoms with Gasteiger partial charge in [-0.25, -0.2) is 0 Å². The molecule has 1 heterocycles. The van der Waals surface area contributed by atoms with Crippen LogP contribution in [0.5, 0.6) is 0 Å². The lowest BCUT2D eigenvalue weighted by atomic mass is 9.95. The van der Waals surface area contributed by atoms with Gasteiger partial charge in [0.05, 0.1) is 0 Å².